The summed E-state index contributed by atoms with van der Waals surface area (Å²) in [7, 11) is -2.24. The van der Waals surface area contributed by atoms with Gasteiger partial charge in [0.25, 0.3) is 0 Å². The van der Waals surface area contributed by atoms with Gasteiger partial charge in [0.15, 0.2) is 11.0 Å². The Kier molecular flexibility index (Phi) is 8.12. The minimum Gasteiger partial charge on any atom is -0.377 e. The summed E-state index contributed by atoms with van der Waals surface area (Å²) in [6.45, 7) is 6.32. The lowest BCUT2D eigenvalue weighted by Gasteiger charge is -2.35. The fourth-order valence-corrected chi connectivity index (χ4v) is 5.22. The molecule has 9 nitrogen and oxygen atoms in total. The third-order valence-corrected chi connectivity index (χ3v) is 7.71. The van der Waals surface area contributed by atoms with Gasteiger partial charge in [-0.05, 0) is 38.3 Å². The van der Waals surface area contributed by atoms with Crippen molar-refractivity contribution in [2.45, 2.75) is 38.7 Å². The van der Waals surface area contributed by atoms with E-state index < -0.39 is 27.3 Å². The Bertz CT molecular complexity index is 1150. The number of hydrogen-bond donors (Lipinski definition) is 2. The van der Waals surface area contributed by atoms with Crippen molar-refractivity contribution in [1.29, 1.82) is 0 Å². The van der Waals surface area contributed by atoms with E-state index in [4.69, 9.17) is 16.3 Å². The highest BCUT2D eigenvalue weighted by Crippen LogP contribution is 2.37. The number of sulfonamides is 1. The number of ether oxygens (including phenoxy) is 1. The molecular weight excluding hydrogens is 485 g/mol. The first kappa shape index (κ1) is 26.3. The number of imidazole rings is 1. The molecule has 186 valence electrons. The predicted molar refractivity (Wildman–Crippen MR) is 127 cm³/mol. The zero-order chi connectivity index (χ0) is 25.1. The molecule has 0 unspecified atom stereocenters. The summed E-state index contributed by atoms with van der Waals surface area (Å²) in [6, 6.07) is 2.79. The number of H-pyrrole nitrogens is 1. The number of piperidine rings is 1. The Labute approximate surface area is 203 Å². The molecule has 1 fully saturated rings. The van der Waals surface area contributed by atoms with Crippen LogP contribution in [0.3, 0.4) is 0 Å². The maximum absolute atomic E-state index is 13.2. The molecule has 0 aliphatic carbocycles. The summed E-state index contributed by atoms with van der Waals surface area (Å²) in [6.07, 6.45) is 2.63. The molecule has 0 radical (unpaired) electrons. The van der Waals surface area contributed by atoms with Gasteiger partial charge in [0, 0.05) is 38.7 Å². The molecule has 12 heteroatoms. The summed E-state index contributed by atoms with van der Waals surface area (Å²) in [5.74, 6) is -0.658. The minimum absolute atomic E-state index is 0.0517. The number of methoxy groups -OCH3 is 1. The van der Waals surface area contributed by atoms with Crippen molar-refractivity contribution in [1.82, 2.24) is 24.6 Å². The first-order chi connectivity index (χ1) is 15.9. The van der Waals surface area contributed by atoms with Gasteiger partial charge >= 0.3 is 0 Å². The molecule has 0 bridgehead atoms. The highest BCUT2D eigenvalue weighted by Gasteiger charge is 2.34. The van der Waals surface area contributed by atoms with Crippen LogP contribution in [0, 0.1) is 11.7 Å². The SMILES string of the molecule is COC(C)(C)CNC(=O)C=CS(=O)(=O)N1CC[C@@H](c2[nH]c(-c3ccc(F)cn3)nc2Cl)[C@@H](C)C1. The summed E-state index contributed by atoms with van der Waals surface area (Å²) in [5, 5.41) is 3.84. The largest absolute Gasteiger partial charge is 0.377 e. The molecule has 1 aliphatic rings. The fraction of sp³-hybridized carbons (Fsp3) is 0.500. The van der Waals surface area contributed by atoms with Gasteiger partial charge in [0.1, 0.15) is 11.5 Å². The predicted octanol–water partition coefficient (Wildman–Crippen LogP) is 3.07. The van der Waals surface area contributed by atoms with Crippen molar-refractivity contribution in [3.63, 3.8) is 0 Å². The van der Waals surface area contributed by atoms with Crippen LogP contribution in [0.15, 0.2) is 29.8 Å². The number of nitrogens with one attached hydrogen (secondary N) is 2. The number of rotatable bonds is 8. The number of aromatic amines is 1. The second kappa shape index (κ2) is 10.5. The zero-order valence-electron chi connectivity index (χ0n) is 19.5. The number of aromatic nitrogens is 3. The van der Waals surface area contributed by atoms with Crippen LogP contribution in [0.25, 0.3) is 11.5 Å². The van der Waals surface area contributed by atoms with Crippen molar-refractivity contribution >= 4 is 27.5 Å². The summed E-state index contributed by atoms with van der Waals surface area (Å²) < 4.78 is 45.3. The number of halogens is 2. The lowest BCUT2D eigenvalue weighted by Crippen LogP contribution is -2.41. The van der Waals surface area contributed by atoms with Gasteiger partial charge in [-0.25, -0.2) is 22.8 Å². The average Bonchev–Trinajstić information content (AvgIpc) is 3.18. The maximum atomic E-state index is 13.2. The van der Waals surface area contributed by atoms with E-state index in [0.29, 0.717) is 23.6 Å². The topological polar surface area (TPSA) is 117 Å². The number of amides is 1. The van der Waals surface area contributed by atoms with Crippen LogP contribution in [0.2, 0.25) is 5.15 Å². The Balaban J connectivity index is 1.65. The molecule has 0 saturated carbocycles. The highest BCUT2D eigenvalue weighted by molar-refractivity contribution is 7.92. The van der Waals surface area contributed by atoms with Gasteiger partial charge in [-0.15, -0.1) is 0 Å². The molecule has 2 atom stereocenters. The van der Waals surface area contributed by atoms with Crippen LogP contribution in [0.4, 0.5) is 4.39 Å². The van der Waals surface area contributed by atoms with Crippen molar-refractivity contribution in [2.75, 3.05) is 26.7 Å². The van der Waals surface area contributed by atoms with E-state index in [9.17, 15) is 17.6 Å². The standard InChI is InChI=1S/C22H29ClFN5O4S/c1-14-12-29(34(31,32)10-8-18(30)26-13-22(2,3)33-4)9-7-16(14)19-20(23)28-21(27-19)17-6-5-15(24)11-25-17/h5-6,8,10-11,14,16H,7,9,12-13H2,1-4H3,(H,26,30)(H,27,28)/t14-,16+/m0/s1. The first-order valence-electron chi connectivity index (χ1n) is 10.8. The Morgan fingerprint density at radius 2 is 2.18 bits per heavy atom. The van der Waals surface area contributed by atoms with E-state index in [1.54, 1.807) is 0 Å². The molecule has 0 spiro atoms. The van der Waals surface area contributed by atoms with Gasteiger partial charge in [-0.2, -0.15) is 4.31 Å². The van der Waals surface area contributed by atoms with Crippen LogP contribution >= 0.6 is 11.6 Å². The van der Waals surface area contributed by atoms with E-state index in [-0.39, 0.29) is 36.6 Å². The molecule has 34 heavy (non-hydrogen) atoms. The molecule has 3 heterocycles. The van der Waals surface area contributed by atoms with Gasteiger partial charge in [-0.1, -0.05) is 18.5 Å². The van der Waals surface area contributed by atoms with Crippen LogP contribution in [0.1, 0.15) is 38.8 Å². The molecule has 2 N–H and O–H groups in total. The van der Waals surface area contributed by atoms with Gasteiger partial charge in [0.2, 0.25) is 15.9 Å². The van der Waals surface area contributed by atoms with Gasteiger partial charge in [-0.3, -0.25) is 4.79 Å². The van der Waals surface area contributed by atoms with Crippen LogP contribution in [-0.2, 0) is 19.6 Å². The number of carbonyl (C=O) groups excluding carboxylic acids is 1. The first-order valence-corrected chi connectivity index (χ1v) is 12.7. The smallest absolute Gasteiger partial charge is 0.244 e. The number of pyridine rings is 1. The zero-order valence-corrected chi connectivity index (χ0v) is 21.1. The average molecular weight is 514 g/mol. The summed E-state index contributed by atoms with van der Waals surface area (Å²) >= 11 is 6.37. The van der Waals surface area contributed by atoms with E-state index in [1.165, 1.54) is 23.5 Å². The Hall–Kier alpha value is -2.34. The number of hydrogen-bond acceptors (Lipinski definition) is 6. The summed E-state index contributed by atoms with van der Waals surface area (Å²) in [4.78, 5) is 23.5. The number of carbonyl (C=O) groups is 1. The van der Waals surface area contributed by atoms with Crippen LogP contribution < -0.4 is 5.32 Å². The molecule has 3 rings (SSSR count). The van der Waals surface area contributed by atoms with Gasteiger partial charge < -0.3 is 15.0 Å². The molecule has 1 saturated heterocycles. The molecule has 0 aromatic carbocycles. The Morgan fingerprint density at radius 3 is 2.79 bits per heavy atom. The monoisotopic (exact) mass is 513 g/mol. The molecule has 2 aromatic heterocycles. The maximum Gasteiger partial charge on any atom is 0.244 e. The lowest BCUT2D eigenvalue weighted by molar-refractivity contribution is -0.117. The highest BCUT2D eigenvalue weighted by atomic mass is 35.5. The number of nitrogens with zero attached hydrogens (tertiary/aromatic N) is 3. The third-order valence-electron chi connectivity index (χ3n) is 5.89. The van der Waals surface area contributed by atoms with Crippen molar-refractivity contribution < 1.29 is 22.3 Å². The van der Waals surface area contributed by atoms with E-state index in [1.807, 2.05) is 20.8 Å². The second-order valence-corrected chi connectivity index (χ2v) is 11.1. The fourth-order valence-electron chi connectivity index (χ4n) is 3.68. The normalized spacial score (nSPS) is 20.1. The molecular formula is C22H29ClFN5O4S. The Morgan fingerprint density at radius 1 is 1.44 bits per heavy atom. The van der Waals surface area contributed by atoms with Crippen molar-refractivity contribution in [3.8, 4) is 11.5 Å². The second-order valence-electron chi connectivity index (χ2n) is 8.91. The minimum atomic E-state index is -3.77. The third kappa shape index (κ3) is 6.41. The molecule has 1 amide bonds. The van der Waals surface area contributed by atoms with E-state index in [2.05, 4.69) is 20.3 Å². The van der Waals surface area contributed by atoms with Crippen LogP contribution in [0.5, 0.6) is 0 Å². The lowest BCUT2D eigenvalue weighted by atomic mass is 9.86. The van der Waals surface area contributed by atoms with Crippen molar-refractivity contribution in [2.24, 2.45) is 5.92 Å². The molecule has 2 aromatic rings. The molecule has 1 aliphatic heterocycles. The van der Waals surface area contributed by atoms with Gasteiger partial charge in [0.05, 0.1) is 22.9 Å². The van der Waals surface area contributed by atoms with E-state index in [0.717, 1.165) is 17.7 Å². The quantitative estimate of drug-likeness (QED) is 0.524. The summed E-state index contributed by atoms with van der Waals surface area (Å²) in [5.41, 5.74) is 0.600. The van der Waals surface area contributed by atoms with Crippen LogP contribution in [-0.4, -0.2) is 65.9 Å². The van der Waals surface area contributed by atoms with Crippen molar-refractivity contribution in [3.05, 3.63) is 46.5 Å². The van der Waals surface area contributed by atoms with E-state index >= 15 is 0 Å².